The van der Waals surface area contributed by atoms with Gasteiger partial charge in [-0.15, -0.1) is 0 Å². The van der Waals surface area contributed by atoms with Crippen LogP contribution in [0.3, 0.4) is 0 Å². The van der Waals surface area contributed by atoms with Crippen LogP contribution in [0.5, 0.6) is 0 Å². The molecule has 2 N–H and O–H groups in total. The molecule has 4 nitrogen and oxygen atoms in total. The SMILES string of the molecule is CC(=O)NC1(C(=O)O)CC[Si](C)(C)CC1. The number of hydrogen-bond donors (Lipinski definition) is 2. The molecule has 15 heavy (non-hydrogen) atoms. The number of hydrogen-bond acceptors (Lipinski definition) is 2. The van der Waals surface area contributed by atoms with Crippen LogP contribution >= 0.6 is 0 Å². The van der Waals surface area contributed by atoms with E-state index in [1.54, 1.807) is 0 Å². The van der Waals surface area contributed by atoms with Crippen LogP contribution in [0.1, 0.15) is 19.8 Å². The van der Waals surface area contributed by atoms with E-state index in [0.29, 0.717) is 12.8 Å². The highest BCUT2D eigenvalue weighted by Gasteiger charge is 2.45. The van der Waals surface area contributed by atoms with Crippen molar-refractivity contribution in [2.45, 2.75) is 50.5 Å². The number of rotatable bonds is 2. The Morgan fingerprint density at radius 3 is 2.07 bits per heavy atom. The van der Waals surface area contributed by atoms with E-state index < -0.39 is 19.6 Å². The largest absolute Gasteiger partial charge is 0.480 e. The van der Waals surface area contributed by atoms with Gasteiger partial charge in [0.05, 0.1) is 0 Å². The first-order valence-electron chi connectivity index (χ1n) is 5.30. The molecule has 86 valence electrons. The van der Waals surface area contributed by atoms with E-state index >= 15 is 0 Å². The third-order valence-corrected chi connectivity index (χ3v) is 6.49. The normalized spacial score (nSPS) is 23.1. The van der Waals surface area contributed by atoms with E-state index in [2.05, 4.69) is 18.4 Å². The topological polar surface area (TPSA) is 66.4 Å². The highest BCUT2D eigenvalue weighted by molar-refractivity contribution is 6.77. The minimum Gasteiger partial charge on any atom is -0.480 e. The van der Waals surface area contributed by atoms with Gasteiger partial charge in [0, 0.05) is 15.0 Å². The second-order valence-electron chi connectivity index (χ2n) is 5.23. The quantitative estimate of drug-likeness (QED) is 0.704. The van der Waals surface area contributed by atoms with Gasteiger partial charge in [-0.05, 0) is 12.8 Å². The minimum atomic E-state index is -1.19. The van der Waals surface area contributed by atoms with Crippen LogP contribution in [0.2, 0.25) is 25.2 Å². The predicted molar refractivity (Wildman–Crippen MR) is 60.5 cm³/mol. The number of carbonyl (C=O) groups excluding carboxylic acids is 1. The lowest BCUT2D eigenvalue weighted by Gasteiger charge is -2.40. The Bertz CT molecular complexity index is 278. The van der Waals surface area contributed by atoms with Gasteiger partial charge in [-0.3, -0.25) is 4.79 Å². The van der Waals surface area contributed by atoms with Crippen LogP contribution in [0.4, 0.5) is 0 Å². The minimum absolute atomic E-state index is 0.251. The van der Waals surface area contributed by atoms with E-state index in [-0.39, 0.29) is 5.91 Å². The van der Waals surface area contributed by atoms with Gasteiger partial charge in [0.2, 0.25) is 5.91 Å². The smallest absolute Gasteiger partial charge is 0.329 e. The molecule has 5 heteroatoms. The van der Waals surface area contributed by atoms with Crippen LogP contribution in [-0.4, -0.2) is 30.6 Å². The lowest BCUT2D eigenvalue weighted by Crippen LogP contribution is -2.57. The Balaban J connectivity index is 2.78. The summed E-state index contributed by atoms with van der Waals surface area (Å²) in [6.07, 6.45) is 1.17. The first-order chi connectivity index (χ1) is 6.77. The summed E-state index contributed by atoms with van der Waals surface area (Å²) in [4.78, 5) is 22.2. The van der Waals surface area contributed by atoms with Gasteiger partial charge in [0.15, 0.2) is 0 Å². The van der Waals surface area contributed by atoms with Gasteiger partial charge in [0.1, 0.15) is 5.54 Å². The second kappa shape index (κ2) is 3.96. The van der Waals surface area contributed by atoms with Gasteiger partial charge in [-0.25, -0.2) is 4.79 Å². The van der Waals surface area contributed by atoms with Crippen molar-refractivity contribution in [2.24, 2.45) is 0 Å². The van der Waals surface area contributed by atoms with Crippen molar-refractivity contribution in [2.75, 3.05) is 0 Å². The fraction of sp³-hybridized carbons (Fsp3) is 0.800. The summed E-state index contributed by atoms with van der Waals surface area (Å²) in [5, 5.41) is 11.8. The fourth-order valence-corrected chi connectivity index (χ4v) is 4.54. The summed E-state index contributed by atoms with van der Waals surface area (Å²) >= 11 is 0. The standard InChI is InChI=1S/C10H19NO3Si/c1-8(12)11-10(9(13)14)4-6-15(2,3)7-5-10/h4-7H2,1-3H3,(H,11,12)(H,13,14). The van der Waals surface area contributed by atoms with Crippen molar-refractivity contribution < 1.29 is 14.7 Å². The van der Waals surface area contributed by atoms with Gasteiger partial charge in [0.25, 0.3) is 0 Å². The van der Waals surface area contributed by atoms with Gasteiger partial charge in [-0.1, -0.05) is 25.2 Å². The molecule has 1 aliphatic heterocycles. The van der Waals surface area contributed by atoms with Crippen molar-refractivity contribution in [1.82, 2.24) is 5.32 Å². The van der Waals surface area contributed by atoms with Gasteiger partial charge in [-0.2, -0.15) is 0 Å². The lowest BCUT2D eigenvalue weighted by atomic mass is 9.92. The maximum atomic E-state index is 11.2. The van der Waals surface area contributed by atoms with Crippen molar-refractivity contribution >= 4 is 20.0 Å². The molecular weight excluding hydrogens is 210 g/mol. The van der Waals surface area contributed by atoms with Crippen LogP contribution in [0.15, 0.2) is 0 Å². The number of nitrogens with one attached hydrogen (secondary N) is 1. The van der Waals surface area contributed by atoms with E-state index in [1.165, 1.54) is 6.92 Å². The molecule has 1 amide bonds. The first-order valence-corrected chi connectivity index (χ1v) is 8.71. The molecule has 1 fully saturated rings. The van der Waals surface area contributed by atoms with E-state index in [4.69, 9.17) is 0 Å². The number of carbonyl (C=O) groups is 2. The zero-order valence-electron chi connectivity index (χ0n) is 9.59. The van der Waals surface area contributed by atoms with Crippen molar-refractivity contribution in [3.05, 3.63) is 0 Å². The fourth-order valence-electron chi connectivity index (χ4n) is 2.08. The van der Waals surface area contributed by atoms with Gasteiger partial charge >= 0.3 is 5.97 Å². The monoisotopic (exact) mass is 229 g/mol. The third-order valence-electron chi connectivity index (χ3n) is 3.28. The number of aliphatic carboxylic acids is 1. The third kappa shape index (κ3) is 2.81. The number of amides is 1. The molecule has 0 unspecified atom stereocenters. The highest BCUT2D eigenvalue weighted by atomic mass is 28.3. The molecule has 0 aromatic rings. The number of carboxylic acids is 1. The van der Waals surface area contributed by atoms with Crippen LogP contribution in [-0.2, 0) is 9.59 Å². The van der Waals surface area contributed by atoms with Crippen molar-refractivity contribution in [1.29, 1.82) is 0 Å². The maximum Gasteiger partial charge on any atom is 0.329 e. The molecule has 1 aliphatic rings. The van der Waals surface area contributed by atoms with Crippen LogP contribution in [0.25, 0.3) is 0 Å². The zero-order chi connectivity index (χ0) is 11.7. The van der Waals surface area contributed by atoms with Crippen LogP contribution in [0, 0.1) is 0 Å². The Kier molecular flexibility index (Phi) is 3.23. The molecule has 0 saturated carbocycles. The summed E-state index contributed by atoms with van der Waals surface area (Å²) in [5.74, 6) is -1.14. The number of carboxylic acid groups (broad SMARTS) is 1. The Morgan fingerprint density at radius 2 is 1.73 bits per heavy atom. The summed E-state index contributed by atoms with van der Waals surface area (Å²) in [7, 11) is -1.19. The molecule has 0 aromatic carbocycles. The molecular formula is C10H19NO3Si. The molecule has 0 radical (unpaired) electrons. The summed E-state index contributed by atoms with van der Waals surface area (Å²) in [6.45, 7) is 5.92. The van der Waals surface area contributed by atoms with E-state index in [9.17, 15) is 14.7 Å². The highest BCUT2D eigenvalue weighted by Crippen LogP contribution is 2.35. The molecule has 0 aromatic heterocycles. The van der Waals surface area contributed by atoms with Crippen molar-refractivity contribution in [3.8, 4) is 0 Å². The Labute approximate surface area is 91.1 Å². The molecule has 1 saturated heterocycles. The lowest BCUT2D eigenvalue weighted by molar-refractivity contribution is -0.148. The zero-order valence-corrected chi connectivity index (χ0v) is 10.6. The molecule has 0 aliphatic carbocycles. The van der Waals surface area contributed by atoms with Gasteiger partial charge < -0.3 is 10.4 Å². The summed E-state index contributed by atoms with van der Waals surface area (Å²) in [6, 6.07) is 1.94. The average molecular weight is 229 g/mol. The van der Waals surface area contributed by atoms with Crippen molar-refractivity contribution in [3.63, 3.8) is 0 Å². The summed E-state index contributed by atoms with van der Waals surface area (Å²) < 4.78 is 0. The summed E-state index contributed by atoms with van der Waals surface area (Å²) in [5.41, 5.74) is -0.992. The molecule has 1 rings (SSSR count). The maximum absolute atomic E-state index is 11.2. The van der Waals surface area contributed by atoms with E-state index in [1.807, 2.05) is 0 Å². The van der Waals surface area contributed by atoms with E-state index in [0.717, 1.165) is 12.1 Å². The molecule has 0 atom stereocenters. The van der Waals surface area contributed by atoms with Crippen LogP contribution < -0.4 is 5.32 Å². The predicted octanol–water partition coefficient (Wildman–Crippen LogP) is 1.45. The molecule has 0 bridgehead atoms. The Hall–Kier alpha value is -0.843. The molecule has 0 spiro atoms. The first kappa shape index (κ1) is 12.2. The molecule has 1 heterocycles. The average Bonchev–Trinajstić information content (AvgIpc) is 2.08. The Morgan fingerprint density at radius 1 is 1.27 bits per heavy atom. The second-order valence-corrected chi connectivity index (χ2v) is 10.6.